The summed E-state index contributed by atoms with van der Waals surface area (Å²) in [6.45, 7) is 5.61. The van der Waals surface area contributed by atoms with Crippen molar-refractivity contribution in [3.63, 3.8) is 0 Å². The van der Waals surface area contributed by atoms with Crippen molar-refractivity contribution in [1.82, 2.24) is 0 Å². The molecule has 0 unspecified atom stereocenters. The van der Waals surface area contributed by atoms with Gasteiger partial charge in [-0.25, -0.2) is 0 Å². The Hall–Kier alpha value is -3.45. The van der Waals surface area contributed by atoms with E-state index in [4.69, 9.17) is 4.74 Å². The third-order valence-corrected chi connectivity index (χ3v) is 5.08. The van der Waals surface area contributed by atoms with Crippen LogP contribution in [0.1, 0.15) is 37.3 Å². The number of amides is 1. The van der Waals surface area contributed by atoms with Crippen molar-refractivity contribution in [2.24, 2.45) is 5.73 Å². The average Bonchev–Trinajstić information content (AvgIpc) is 3.61. The van der Waals surface area contributed by atoms with Gasteiger partial charge in [0, 0.05) is 24.7 Å². The summed E-state index contributed by atoms with van der Waals surface area (Å²) in [5.41, 5.74) is 11.9. The first-order chi connectivity index (χ1) is 14.6. The van der Waals surface area contributed by atoms with Gasteiger partial charge < -0.3 is 15.4 Å². The number of hydrogen-bond donors (Lipinski definition) is 1. The van der Waals surface area contributed by atoms with E-state index in [0.717, 1.165) is 49.2 Å². The number of carbonyl (C=O) groups excluding carboxylic acids is 1. The van der Waals surface area contributed by atoms with Crippen molar-refractivity contribution in [1.29, 1.82) is 0 Å². The van der Waals surface area contributed by atoms with E-state index in [9.17, 15) is 4.79 Å². The van der Waals surface area contributed by atoms with E-state index < -0.39 is 0 Å². The number of nitrogens with two attached hydrogens (primary N) is 1. The summed E-state index contributed by atoms with van der Waals surface area (Å²) < 4.78 is 5.56. The summed E-state index contributed by atoms with van der Waals surface area (Å²) in [6.07, 6.45) is 13.6. The number of benzene rings is 2. The summed E-state index contributed by atoms with van der Waals surface area (Å²) in [7, 11) is 1.75. The number of aryl methyl sites for hydroxylation is 1. The van der Waals surface area contributed by atoms with Crippen molar-refractivity contribution in [2.75, 3.05) is 18.6 Å². The lowest BCUT2D eigenvalue weighted by Crippen LogP contribution is -2.33. The smallest absolute Gasteiger partial charge is 0.223 e. The minimum atomic E-state index is 0.123. The maximum atomic E-state index is 11.8. The zero-order valence-corrected chi connectivity index (χ0v) is 17.9. The topological polar surface area (TPSA) is 55.6 Å². The Labute approximate surface area is 180 Å². The molecule has 0 saturated heterocycles. The normalized spacial score (nSPS) is 13.5. The van der Waals surface area contributed by atoms with E-state index in [1.54, 1.807) is 14.0 Å². The highest BCUT2D eigenvalue weighted by molar-refractivity contribution is 5.93. The molecule has 4 rings (SSSR count). The van der Waals surface area contributed by atoms with Gasteiger partial charge in [-0.05, 0) is 66.3 Å². The maximum Gasteiger partial charge on any atom is 0.223 e. The Bertz CT molecular complexity index is 933. The first-order valence-electron chi connectivity index (χ1n) is 10.0. The molecule has 1 saturated carbocycles. The van der Waals surface area contributed by atoms with Crippen LogP contribution in [0.2, 0.25) is 0 Å². The molecule has 1 amide bonds. The molecule has 2 aromatic rings. The Morgan fingerprint density at radius 2 is 1.70 bits per heavy atom. The van der Waals surface area contributed by atoms with Gasteiger partial charge in [0.25, 0.3) is 0 Å². The average molecular weight is 403 g/mol. The Balaban J connectivity index is 0.000000590. The molecule has 2 N–H and O–H groups in total. The van der Waals surface area contributed by atoms with Crippen molar-refractivity contribution in [3.8, 4) is 24.0 Å². The number of fused-ring (bicyclic) bond motifs is 1. The fourth-order valence-corrected chi connectivity index (χ4v) is 3.67. The van der Waals surface area contributed by atoms with E-state index in [2.05, 4.69) is 67.6 Å². The molecule has 0 radical (unpaired) electrons. The second-order valence-corrected chi connectivity index (χ2v) is 7.07. The van der Waals surface area contributed by atoms with Gasteiger partial charge in [-0.15, -0.1) is 12.8 Å². The lowest BCUT2D eigenvalue weighted by molar-refractivity contribution is -0.116. The SMILES string of the molecule is C#C.C=CN.COC(=C1CC1)c1ccc(-c2ccc3c(c2)CCCN3C(C)=O)cc1. The van der Waals surface area contributed by atoms with E-state index in [1.807, 2.05) is 4.90 Å². The van der Waals surface area contributed by atoms with Crippen LogP contribution in [0, 0.1) is 12.8 Å². The Morgan fingerprint density at radius 1 is 1.10 bits per heavy atom. The third kappa shape index (κ3) is 5.33. The van der Waals surface area contributed by atoms with Crippen molar-refractivity contribution in [3.05, 3.63) is 71.9 Å². The molecule has 1 fully saturated rings. The largest absolute Gasteiger partial charge is 0.496 e. The van der Waals surface area contributed by atoms with Crippen LogP contribution in [0.4, 0.5) is 5.69 Å². The Morgan fingerprint density at radius 3 is 2.23 bits per heavy atom. The number of allylic oxidation sites excluding steroid dienone is 1. The van der Waals surface area contributed by atoms with Gasteiger partial charge in [-0.3, -0.25) is 4.79 Å². The molecule has 0 spiro atoms. The lowest BCUT2D eigenvalue weighted by atomic mass is 9.95. The number of nitrogens with zero attached hydrogens (tertiary/aromatic N) is 1. The van der Waals surface area contributed by atoms with Gasteiger partial charge in [0.2, 0.25) is 5.91 Å². The third-order valence-electron chi connectivity index (χ3n) is 5.08. The van der Waals surface area contributed by atoms with E-state index >= 15 is 0 Å². The number of carbonyl (C=O) groups is 1. The predicted molar refractivity (Wildman–Crippen MR) is 126 cm³/mol. The van der Waals surface area contributed by atoms with Crippen LogP contribution < -0.4 is 10.6 Å². The van der Waals surface area contributed by atoms with Crippen LogP contribution in [0.3, 0.4) is 0 Å². The van der Waals surface area contributed by atoms with Gasteiger partial charge in [-0.1, -0.05) is 36.9 Å². The van der Waals surface area contributed by atoms with Crippen LogP contribution in [-0.4, -0.2) is 19.6 Å². The molecule has 2 aromatic carbocycles. The number of methoxy groups -OCH3 is 1. The minimum Gasteiger partial charge on any atom is -0.496 e. The number of rotatable bonds is 3. The molecular weight excluding hydrogens is 372 g/mol. The van der Waals surface area contributed by atoms with Crippen molar-refractivity contribution in [2.45, 2.75) is 32.6 Å². The number of ether oxygens (including phenoxy) is 1. The monoisotopic (exact) mass is 402 g/mol. The van der Waals surface area contributed by atoms with Crippen LogP contribution in [0.25, 0.3) is 16.9 Å². The fourth-order valence-electron chi connectivity index (χ4n) is 3.67. The molecule has 2 aliphatic rings. The quantitative estimate of drug-likeness (QED) is 0.571. The van der Waals surface area contributed by atoms with E-state index in [0.29, 0.717) is 0 Å². The zero-order valence-electron chi connectivity index (χ0n) is 17.9. The number of anilines is 1. The summed E-state index contributed by atoms with van der Waals surface area (Å²) in [4.78, 5) is 13.7. The van der Waals surface area contributed by atoms with E-state index in [-0.39, 0.29) is 5.91 Å². The molecule has 1 aliphatic carbocycles. The number of terminal acetylenes is 1. The molecule has 0 bridgehead atoms. The molecule has 156 valence electrons. The Kier molecular flexibility index (Phi) is 8.31. The first kappa shape index (κ1) is 22.8. The first-order valence-corrected chi connectivity index (χ1v) is 10.0. The van der Waals surface area contributed by atoms with Crippen LogP contribution in [-0.2, 0) is 16.0 Å². The molecule has 0 aromatic heterocycles. The highest BCUT2D eigenvalue weighted by atomic mass is 16.5. The van der Waals surface area contributed by atoms with Gasteiger partial charge >= 0.3 is 0 Å². The van der Waals surface area contributed by atoms with E-state index in [1.165, 1.54) is 28.5 Å². The summed E-state index contributed by atoms with van der Waals surface area (Å²) >= 11 is 0. The van der Waals surface area contributed by atoms with Gasteiger partial charge in [0.15, 0.2) is 0 Å². The summed E-state index contributed by atoms with van der Waals surface area (Å²) in [6, 6.07) is 15.0. The molecule has 4 nitrogen and oxygen atoms in total. The van der Waals surface area contributed by atoms with Gasteiger partial charge in [-0.2, -0.15) is 0 Å². The molecular formula is C26H30N2O2. The fraction of sp³-hybridized carbons (Fsp3) is 0.269. The van der Waals surface area contributed by atoms with Crippen LogP contribution in [0.15, 0.2) is 60.8 Å². The second kappa shape index (κ2) is 10.9. The molecule has 1 heterocycles. The number of hydrogen-bond acceptors (Lipinski definition) is 3. The van der Waals surface area contributed by atoms with Crippen molar-refractivity contribution >= 4 is 17.4 Å². The van der Waals surface area contributed by atoms with Crippen LogP contribution >= 0.6 is 0 Å². The summed E-state index contributed by atoms with van der Waals surface area (Å²) in [5, 5.41) is 0. The van der Waals surface area contributed by atoms with Gasteiger partial charge in [0.05, 0.1) is 7.11 Å². The van der Waals surface area contributed by atoms with Crippen LogP contribution in [0.5, 0.6) is 0 Å². The maximum absolute atomic E-state index is 11.8. The highest BCUT2D eigenvalue weighted by Gasteiger charge is 2.21. The molecule has 4 heteroatoms. The lowest BCUT2D eigenvalue weighted by Gasteiger charge is -2.29. The highest BCUT2D eigenvalue weighted by Crippen LogP contribution is 2.37. The summed E-state index contributed by atoms with van der Waals surface area (Å²) in [5.74, 6) is 1.16. The molecule has 0 atom stereocenters. The standard InChI is InChI=1S/C22H23NO2.C2H5N.C2H2/c1-15(24)23-13-3-4-20-14-19(11-12-21(20)23)16-5-7-17(8-6-16)22(25-2)18-9-10-18;1-2-3;1-2/h5-8,11-12,14H,3-4,9-10,13H2,1-2H3;2H,1,3H2;1-2H. The minimum absolute atomic E-state index is 0.123. The van der Waals surface area contributed by atoms with Gasteiger partial charge in [0.1, 0.15) is 5.76 Å². The zero-order chi connectivity index (χ0) is 22.1. The molecule has 30 heavy (non-hydrogen) atoms. The predicted octanol–water partition coefficient (Wildman–Crippen LogP) is 5.14. The van der Waals surface area contributed by atoms with Crippen molar-refractivity contribution < 1.29 is 9.53 Å². The molecule has 1 aliphatic heterocycles. The second-order valence-electron chi connectivity index (χ2n) is 7.07.